The van der Waals surface area contributed by atoms with Crippen LogP contribution in [0.4, 0.5) is 0 Å². The number of Topliss-reactive ketones (excluding diaryl/α,β-unsaturated/α-hetero) is 1. The molecular weight excluding hydrogens is 268 g/mol. The fourth-order valence-corrected chi connectivity index (χ4v) is 2.43. The van der Waals surface area contributed by atoms with Crippen LogP contribution >= 0.6 is 0 Å². The highest BCUT2D eigenvalue weighted by Crippen LogP contribution is 2.27. The molecule has 0 aliphatic carbocycles. The molecule has 118 valence electrons. The predicted molar refractivity (Wildman–Crippen MR) is 82.8 cm³/mol. The van der Waals surface area contributed by atoms with Gasteiger partial charge in [-0.05, 0) is 38.2 Å². The van der Waals surface area contributed by atoms with Crippen molar-refractivity contribution in [3.05, 3.63) is 22.5 Å². The number of carbonyl (C=O) groups is 2. The molecule has 1 rings (SSSR count). The summed E-state index contributed by atoms with van der Waals surface area (Å²) < 4.78 is 0. The van der Waals surface area contributed by atoms with E-state index in [0.29, 0.717) is 11.3 Å². The van der Waals surface area contributed by atoms with Gasteiger partial charge in [-0.2, -0.15) is 0 Å². The number of hydrogen-bond donors (Lipinski definition) is 3. The Morgan fingerprint density at radius 1 is 1.24 bits per heavy atom. The highest BCUT2D eigenvalue weighted by atomic mass is 16.3. The summed E-state index contributed by atoms with van der Waals surface area (Å²) >= 11 is 0. The smallest absolute Gasteiger partial charge is 0.268 e. The third-order valence-corrected chi connectivity index (χ3v) is 3.88. The summed E-state index contributed by atoms with van der Waals surface area (Å²) in [5.41, 5.74) is 2.54. The largest absolute Gasteiger partial charge is 0.396 e. The number of hydrogen-bond acceptors (Lipinski definition) is 3. The third-order valence-electron chi connectivity index (χ3n) is 3.88. The van der Waals surface area contributed by atoms with Crippen LogP contribution in [0.1, 0.15) is 72.6 Å². The van der Waals surface area contributed by atoms with E-state index < -0.39 is 0 Å². The van der Waals surface area contributed by atoms with E-state index in [1.807, 2.05) is 27.7 Å². The summed E-state index contributed by atoms with van der Waals surface area (Å²) in [5, 5.41) is 12.0. The maximum Gasteiger partial charge on any atom is 0.268 e. The summed E-state index contributed by atoms with van der Waals surface area (Å²) in [4.78, 5) is 27.3. The van der Waals surface area contributed by atoms with Crippen LogP contribution < -0.4 is 5.32 Å². The normalized spacial score (nSPS) is 14.1. The molecular formula is C16H26N2O3. The highest BCUT2D eigenvalue weighted by molar-refractivity contribution is 6.03. The number of amides is 1. The Kier molecular flexibility index (Phi) is 5.72. The summed E-state index contributed by atoms with van der Waals surface area (Å²) in [6.45, 7) is 11.0. The molecule has 1 heterocycles. The van der Waals surface area contributed by atoms with Crippen molar-refractivity contribution in [3.63, 3.8) is 0 Å². The zero-order chi connectivity index (χ0) is 16.3. The molecule has 3 N–H and O–H groups in total. The van der Waals surface area contributed by atoms with Crippen LogP contribution in [0.25, 0.3) is 0 Å². The molecule has 1 aromatic heterocycles. The monoisotopic (exact) mass is 294 g/mol. The van der Waals surface area contributed by atoms with E-state index >= 15 is 0 Å². The Labute approximate surface area is 126 Å². The minimum absolute atomic E-state index is 0.0148. The Bertz CT molecular complexity index is 532. The molecule has 1 aromatic rings. The molecule has 0 radical (unpaired) electrons. The number of aliphatic hydroxyl groups excluding tert-OH is 1. The van der Waals surface area contributed by atoms with E-state index in [9.17, 15) is 9.59 Å². The Morgan fingerprint density at radius 3 is 2.24 bits per heavy atom. The van der Waals surface area contributed by atoms with Gasteiger partial charge in [-0.15, -0.1) is 0 Å². The van der Waals surface area contributed by atoms with Crippen molar-refractivity contribution in [1.82, 2.24) is 10.3 Å². The van der Waals surface area contributed by atoms with E-state index in [4.69, 9.17) is 5.11 Å². The molecule has 0 bridgehead atoms. The topological polar surface area (TPSA) is 82.2 Å². The molecule has 0 aliphatic rings. The fraction of sp³-hybridized carbons (Fsp3) is 0.625. The lowest BCUT2D eigenvalue weighted by atomic mass is 9.95. The minimum Gasteiger partial charge on any atom is -0.396 e. The molecule has 0 fully saturated rings. The number of nitrogens with one attached hydrogen (secondary N) is 2. The molecule has 0 saturated carbocycles. The SMILES string of the molecule is CC(=O)c1c(C)[nH]c(C(=O)NC(C)C(C)CO)c1C(C)C. The number of ketones is 1. The second kappa shape index (κ2) is 6.89. The van der Waals surface area contributed by atoms with Gasteiger partial charge in [0.15, 0.2) is 5.78 Å². The third kappa shape index (κ3) is 3.73. The van der Waals surface area contributed by atoms with Crippen LogP contribution in [0.5, 0.6) is 0 Å². The predicted octanol–water partition coefficient (Wildman–Crippen LogP) is 2.40. The zero-order valence-corrected chi connectivity index (χ0v) is 13.7. The van der Waals surface area contributed by atoms with Gasteiger partial charge in [0.05, 0.1) is 0 Å². The van der Waals surface area contributed by atoms with Gasteiger partial charge in [0, 0.05) is 23.9 Å². The van der Waals surface area contributed by atoms with E-state index in [1.54, 1.807) is 6.92 Å². The lowest BCUT2D eigenvalue weighted by Gasteiger charge is -2.19. The number of aromatic amines is 1. The van der Waals surface area contributed by atoms with Crippen LogP contribution in [-0.2, 0) is 0 Å². The van der Waals surface area contributed by atoms with Gasteiger partial charge in [0.1, 0.15) is 5.69 Å². The second-order valence-electron chi connectivity index (χ2n) is 6.05. The summed E-state index contributed by atoms with van der Waals surface area (Å²) in [6, 6.07) is -0.146. The lowest BCUT2D eigenvalue weighted by Crippen LogP contribution is -2.39. The van der Waals surface area contributed by atoms with Gasteiger partial charge < -0.3 is 15.4 Å². The zero-order valence-electron chi connectivity index (χ0n) is 13.7. The van der Waals surface area contributed by atoms with Crippen LogP contribution in [-0.4, -0.2) is 34.4 Å². The van der Waals surface area contributed by atoms with Crippen molar-refractivity contribution in [3.8, 4) is 0 Å². The summed E-state index contributed by atoms with van der Waals surface area (Å²) in [6.07, 6.45) is 0. The van der Waals surface area contributed by atoms with Crippen molar-refractivity contribution < 1.29 is 14.7 Å². The van der Waals surface area contributed by atoms with Gasteiger partial charge in [-0.1, -0.05) is 20.8 Å². The standard InChI is InChI=1S/C16H26N2O3/c1-8(2)13-14(12(6)20)11(5)17-15(13)16(21)18-10(4)9(3)7-19/h8-10,17,19H,7H2,1-6H3,(H,18,21). The molecule has 5 nitrogen and oxygen atoms in total. The fourth-order valence-electron chi connectivity index (χ4n) is 2.43. The van der Waals surface area contributed by atoms with Crippen LogP contribution in [0.3, 0.4) is 0 Å². The van der Waals surface area contributed by atoms with Crippen LogP contribution in [0, 0.1) is 12.8 Å². The van der Waals surface area contributed by atoms with Gasteiger partial charge in [-0.3, -0.25) is 9.59 Å². The highest BCUT2D eigenvalue weighted by Gasteiger charge is 2.26. The van der Waals surface area contributed by atoms with Gasteiger partial charge >= 0.3 is 0 Å². The lowest BCUT2D eigenvalue weighted by molar-refractivity contribution is 0.0910. The maximum atomic E-state index is 12.5. The van der Waals surface area contributed by atoms with Gasteiger partial charge in [0.2, 0.25) is 0 Å². The molecule has 0 spiro atoms. The van der Waals surface area contributed by atoms with Gasteiger partial charge in [0.25, 0.3) is 5.91 Å². The average molecular weight is 294 g/mol. The van der Waals surface area contributed by atoms with Crippen molar-refractivity contribution in [2.75, 3.05) is 6.61 Å². The molecule has 5 heteroatoms. The van der Waals surface area contributed by atoms with Gasteiger partial charge in [-0.25, -0.2) is 0 Å². The van der Waals surface area contributed by atoms with Crippen molar-refractivity contribution in [1.29, 1.82) is 0 Å². The first-order chi connectivity index (χ1) is 9.70. The molecule has 2 atom stereocenters. The maximum absolute atomic E-state index is 12.5. The number of rotatable bonds is 6. The first kappa shape index (κ1) is 17.4. The summed E-state index contributed by atoms with van der Waals surface area (Å²) in [7, 11) is 0. The number of aryl methyl sites for hydroxylation is 1. The summed E-state index contributed by atoms with van der Waals surface area (Å²) in [5.74, 6) is -0.231. The Hall–Kier alpha value is -1.62. The van der Waals surface area contributed by atoms with E-state index in [-0.39, 0.29) is 36.2 Å². The molecule has 21 heavy (non-hydrogen) atoms. The van der Waals surface area contributed by atoms with E-state index in [1.165, 1.54) is 6.92 Å². The molecule has 0 aromatic carbocycles. The van der Waals surface area contributed by atoms with Crippen molar-refractivity contribution in [2.45, 2.75) is 53.5 Å². The van der Waals surface area contributed by atoms with Crippen LogP contribution in [0.15, 0.2) is 0 Å². The minimum atomic E-state index is -0.234. The quantitative estimate of drug-likeness (QED) is 0.705. The number of carbonyl (C=O) groups excluding carboxylic acids is 2. The van der Waals surface area contributed by atoms with Crippen molar-refractivity contribution >= 4 is 11.7 Å². The Morgan fingerprint density at radius 2 is 1.81 bits per heavy atom. The van der Waals surface area contributed by atoms with E-state index in [0.717, 1.165) is 11.3 Å². The number of H-pyrrole nitrogens is 1. The molecule has 0 saturated heterocycles. The average Bonchev–Trinajstić information content (AvgIpc) is 2.75. The first-order valence-corrected chi connectivity index (χ1v) is 7.35. The van der Waals surface area contributed by atoms with E-state index in [2.05, 4.69) is 10.3 Å². The first-order valence-electron chi connectivity index (χ1n) is 7.35. The molecule has 2 unspecified atom stereocenters. The molecule has 1 amide bonds. The van der Waals surface area contributed by atoms with Crippen LogP contribution in [0.2, 0.25) is 0 Å². The Balaban J connectivity index is 3.16. The number of aliphatic hydroxyl groups is 1. The number of aromatic nitrogens is 1. The second-order valence-corrected chi connectivity index (χ2v) is 6.05. The van der Waals surface area contributed by atoms with Crippen molar-refractivity contribution in [2.24, 2.45) is 5.92 Å². The molecule has 0 aliphatic heterocycles.